The van der Waals surface area contributed by atoms with Gasteiger partial charge < -0.3 is 14.8 Å². The number of methoxy groups -OCH3 is 1. The van der Waals surface area contributed by atoms with Gasteiger partial charge in [-0.05, 0) is 54.2 Å². The normalized spacial score (nSPS) is 11.9. The number of nitrogens with zero attached hydrogens (tertiary/aromatic N) is 1. The van der Waals surface area contributed by atoms with Crippen LogP contribution in [0.25, 0.3) is 6.08 Å². The smallest absolute Gasteiger partial charge is 0.244 e. The van der Waals surface area contributed by atoms with Crippen molar-refractivity contribution in [2.24, 2.45) is 5.92 Å². The molecule has 0 saturated heterocycles. The standard InChI is InChI=1S/C24H28N2O3/c1-17(2)15-19-5-9-21(10-6-19)18(3)26-24(27)12-8-20-7-11-22(29-14-13-25)23(16-20)28-4/h5-12,16-18H,14-15H2,1-4H3,(H,26,27)/b12-8+. The third-order valence-corrected chi connectivity index (χ3v) is 4.39. The predicted molar refractivity (Wildman–Crippen MR) is 115 cm³/mol. The van der Waals surface area contributed by atoms with Crippen LogP contribution in [0.4, 0.5) is 0 Å². The molecule has 0 heterocycles. The Kier molecular flexibility index (Phi) is 8.29. The molecular formula is C24H28N2O3. The predicted octanol–water partition coefficient (Wildman–Crippen LogP) is 4.69. The maximum atomic E-state index is 12.3. The lowest BCUT2D eigenvalue weighted by atomic mass is 10.00. The summed E-state index contributed by atoms with van der Waals surface area (Å²) in [5.74, 6) is 1.45. The Hall–Kier alpha value is -3.26. The van der Waals surface area contributed by atoms with Gasteiger partial charge in [-0.15, -0.1) is 0 Å². The molecule has 1 atom stereocenters. The number of benzene rings is 2. The Morgan fingerprint density at radius 2 is 1.86 bits per heavy atom. The van der Waals surface area contributed by atoms with Crippen molar-refractivity contribution in [3.8, 4) is 17.6 Å². The number of hydrogen-bond acceptors (Lipinski definition) is 4. The molecule has 0 radical (unpaired) electrons. The number of amides is 1. The zero-order chi connectivity index (χ0) is 21.2. The van der Waals surface area contributed by atoms with Gasteiger partial charge in [-0.3, -0.25) is 4.79 Å². The largest absolute Gasteiger partial charge is 0.493 e. The van der Waals surface area contributed by atoms with E-state index in [9.17, 15) is 4.79 Å². The van der Waals surface area contributed by atoms with Crippen LogP contribution in [0.2, 0.25) is 0 Å². The van der Waals surface area contributed by atoms with Gasteiger partial charge >= 0.3 is 0 Å². The van der Waals surface area contributed by atoms with Gasteiger partial charge in [0.25, 0.3) is 0 Å². The Morgan fingerprint density at radius 1 is 1.14 bits per heavy atom. The molecule has 2 aromatic carbocycles. The van der Waals surface area contributed by atoms with Crippen molar-refractivity contribution in [1.29, 1.82) is 5.26 Å². The molecule has 152 valence electrons. The lowest BCUT2D eigenvalue weighted by molar-refractivity contribution is -0.117. The third-order valence-electron chi connectivity index (χ3n) is 4.39. The van der Waals surface area contributed by atoms with Crippen LogP contribution in [-0.4, -0.2) is 19.6 Å². The zero-order valence-electron chi connectivity index (χ0n) is 17.4. The first kappa shape index (κ1) is 22.0. The number of hydrogen-bond donors (Lipinski definition) is 1. The first-order valence-corrected chi connectivity index (χ1v) is 9.68. The topological polar surface area (TPSA) is 71.3 Å². The average Bonchev–Trinajstić information content (AvgIpc) is 2.71. The van der Waals surface area contributed by atoms with Gasteiger partial charge in [-0.2, -0.15) is 5.26 Å². The van der Waals surface area contributed by atoms with E-state index >= 15 is 0 Å². The third kappa shape index (κ3) is 7.00. The SMILES string of the molecule is COc1cc(/C=C/C(=O)NC(C)c2ccc(CC(C)C)cc2)ccc1OCC#N. The van der Waals surface area contributed by atoms with E-state index in [1.807, 2.05) is 13.0 Å². The Labute approximate surface area is 173 Å². The number of carbonyl (C=O) groups excluding carboxylic acids is 1. The number of ether oxygens (including phenoxy) is 2. The maximum absolute atomic E-state index is 12.3. The van der Waals surface area contributed by atoms with Crippen LogP contribution in [0.15, 0.2) is 48.5 Å². The fourth-order valence-corrected chi connectivity index (χ4v) is 2.95. The van der Waals surface area contributed by atoms with Gasteiger partial charge in [-0.1, -0.05) is 44.2 Å². The molecule has 1 amide bonds. The average molecular weight is 392 g/mol. The molecule has 0 aliphatic heterocycles. The highest BCUT2D eigenvalue weighted by molar-refractivity contribution is 5.92. The van der Waals surface area contributed by atoms with Crippen molar-refractivity contribution >= 4 is 12.0 Å². The van der Waals surface area contributed by atoms with Crippen molar-refractivity contribution in [3.05, 3.63) is 65.2 Å². The molecule has 0 spiro atoms. The van der Waals surface area contributed by atoms with Crippen LogP contribution in [0.1, 0.15) is 43.5 Å². The molecule has 0 fully saturated rings. The van der Waals surface area contributed by atoms with Crippen LogP contribution in [0, 0.1) is 17.2 Å². The highest BCUT2D eigenvalue weighted by Crippen LogP contribution is 2.28. The second-order valence-electron chi connectivity index (χ2n) is 7.26. The summed E-state index contributed by atoms with van der Waals surface area (Å²) in [6.07, 6.45) is 4.26. The summed E-state index contributed by atoms with van der Waals surface area (Å²) in [6, 6.07) is 15.5. The van der Waals surface area contributed by atoms with E-state index in [-0.39, 0.29) is 18.6 Å². The van der Waals surface area contributed by atoms with Crippen molar-refractivity contribution < 1.29 is 14.3 Å². The summed E-state index contributed by atoms with van der Waals surface area (Å²) >= 11 is 0. The minimum atomic E-state index is -0.174. The minimum absolute atomic E-state index is 0.0513. The van der Waals surface area contributed by atoms with Gasteiger partial charge in [0.05, 0.1) is 13.2 Å². The Bertz CT molecular complexity index is 880. The molecule has 2 aromatic rings. The molecule has 0 bridgehead atoms. The number of nitrogens with one attached hydrogen (secondary N) is 1. The molecule has 0 saturated carbocycles. The van der Waals surface area contributed by atoms with Crippen molar-refractivity contribution in [2.75, 3.05) is 13.7 Å². The lowest BCUT2D eigenvalue weighted by Gasteiger charge is -2.14. The summed E-state index contributed by atoms with van der Waals surface area (Å²) in [6.45, 7) is 6.31. The number of rotatable bonds is 9. The van der Waals surface area contributed by atoms with Gasteiger partial charge in [0, 0.05) is 6.08 Å². The molecule has 0 aliphatic rings. The molecule has 0 aliphatic carbocycles. The molecule has 0 aromatic heterocycles. The van der Waals surface area contributed by atoms with Crippen LogP contribution in [0.3, 0.4) is 0 Å². The molecule has 1 unspecified atom stereocenters. The summed E-state index contributed by atoms with van der Waals surface area (Å²) in [5.41, 5.74) is 3.17. The van der Waals surface area contributed by atoms with E-state index in [0.717, 1.165) is 17.5 Å². The Morgan fingerprint density at radius 3 is 2.48 bits per heavy atom. The maximum Gasteiger partial charge on any atom is 0.244 e. The van der Waals surface area contributed by atoms with Crippen LogP contribution in [-0.2, 0) is 11.2 Å². The van der Waals surface area contributed by atoms with Crippen LogP contribution in [0.5, 0.6) is 11.5 Å². The molecule has 29 heavy (non-hydrogen) atoms. The Balaban J connectivity index is 1.97. The zero-order valence-corrected chi connectivity index (χ0v) is 17.4. The quantitative estimate of drug-likeness (QED) is 0.629. The fraction of sp³-hybridized carbons (Fsp3) is 0.333. The summed E-state index contributed by atoms with van der Waals surface area (Å²) in [7, 11) is 1.53. The molecule has 5 nitrogen and oxygen atoms in total. The minimum Gasteiger partial charge on any atom is -0.493 e. The molecule has 5 heteroatoms. The van der Waals surface area contributed by atoms with E-state index in [0.29, 0.717) is 17.4 Å². The van der Waals surface area contributed by atoms with Crippen molar-refractivity contribution in [2.45, 2.75) is 33.2 Å². The van der Waals surface area contributed by atoms with Gasteiger partial charge in [-0.25, -0.2) is 0 Å². The molecule has 1 N–H and O–H groups in total. The summed E-state index contributed by atoms with van der Waals surface area (Å²) in [5, 5.41) is 11.6. The van der Waals surface area contributed by atoms with Crippen LogP contribution >= 0.6 is 0 Å². The molecular weight excluding hydrogens is 364 g/mol. The summed E-state index contributed by atoms with van der Waals surface area (Å²) in [4.78, 5) is 12.3. The highest BCUT2D eigenvalue weighted by atomic mass is 16.5. The first-order valence-electron chi connectivity index (χ1n) is 9.68. The second-order valence-corrected chi connectivity index (χ2v) is 7.26. The summed E-state index contributed by atoms with van der Waals surface area (Å²) < 4.78 is 10.6. The van der Waals surface area contributed by atoms with E-state index in [2.05, 4.69) is 43.4 Å². The van der Waals surface area contributed by atoms with E-state index in [1.165, 1.54) is 18.7 Å². The number of carbonyl (C=O) groups is 1. The highest BCUT2D eigenvalue weighted by Gasteiger charge is 2.09. The van der Waals surface area contributed by atoms with E-state index < -0.39 is 0 Å². The van der Waals surface area contributed by atoms with Gasteiger partial charge in [0.1, 0.15) is 6.07 Å². The lowest BCUT2D eigenvalue weighted by Crippen LogP contribution is -2.24. The fourth-order valence-electron chi connectivity index (χ4n) is 2.95. The first-order chi connectivity index (χ1) is 13.9. The van der Waals surface area contributed by atoms with Gasteiger partial charge in [0.15, 0.2) is 18.1 Å². The van der Waals surface area contributed by atoms with Crippen LogP contribution < -0.4 is 14.8 Å². The van der Waals surface area contributed by atoms with E-state index in [1.54, 1.807) is 24.3 Å². The second kappa shape index (κ2) is 10.9. The van der Waals surface area contributed by atoms with E-state index in [4.69, 9.17) is 14.7 Å². The van der Waals surface area contributed by atoms with Crippen molar-refractivity contribution in [3.63, 3.8) is 0 Å². The monoisotopic (exact) mass is 392 g/mol. The van der Waals surface area contributed by atoms with Gasteiger partial charge in [0.2, 0.25) is 5.91 Å². The number of nitriles is 1. The molecule has 2 rings (SSSR count). The van der Waals surface area contributed by atoms with Crippen molar-refractivity contribution in [1.82, 2.24) is 5.32 Å².